The molecular weight excluding hydrogens is 352 g/mol. The number of hydrogen-bond donors (Lipinski definition) is 2. The Morgan fingerprint density at radius 1 is 1.40 bits per heavy atom. The van der Waals surface area contributed by atoms with Crippen LogP contribution in [0.4, 0.5) is 19.6 Å². The van der Waals surface area contributed by atoms with Gasteiger partial charge in [0.15, 0.2) is 5.13 Å². The molecule has 2 heterocycles. The number of halogens is 2. The molecule has 2 N–H and O–H groups in total. The van der Waals surface area contributed by atoms with Gasteiger partial charge in [-0.05, 0) is 37.1 Å². The van der Waals surface area contributed by atoms with E-state index >= 15 is 0 Å². The van der Waals surface area contributed by atoms with Crippen molar-refractivity contribution in [3.05, 3.63) is 35.3 Å². The van der Waals surface area contributed by atoms with Crippen LogP contribution in [0, 0.1) is 0 Å². The van der Waals surface area contributed by atoms with E-state index in [4.69, 9.17) is 4.74 Å². The van der Waals surface area contributed by atoms with Crippen molar-refractivity contribution >= 4 is 28.1 Å². The number of anilines is 2. The summed E-state index contributed by atoms with van der Waals surface area (Å²) in [6.07, 6.45) is 2.05. The number of ether oxygens (including phenoxy) is 2. The van der Waals surface area contributed by atoms with Crippen LogP contribution in [0.15, 0.2) is 29.6 Å². The maximum Gasteiger partial charge on any atom is 0.387 e. The summed E-state index contributed by atoms with van der Waals surface area (Å²) >= 11 is 1.28. The largest absolute Gasteiger partial charge is 0.435 e. The topological polar surface area (TPSA) is 72.5 Å². The van der Waals surface area contributed by atoms with E-state index in [9.17, 15) is 13.6 Å². The fourth-order valence-electron chi connectivity index (χ4n) is 2.38. The monoisotopic (exact) mass is 369 g/mol. The second-order valence-electron chi connectivity index (χ2n) is 5.41. The second kappa shape index (κ2) is 8.21. The highest BCUT2D eigenvalue weighted by atomic mass is 32.1. The van der Waals surface area contributed by atoms with Crippen LogP contribution in [0.2, 0.25) is 0 Å². The molecule has 134 valence electrons. The number of carbonyl (C=O) groups is 1. The molecule has 1 aliphatic rings. The fraction of sp³-hybridized carbons (Fsp3) is 0.375. The number of alkyl halides is 2. The maximum absolute atomic E-state index is 12.1. The van der Waals surface area contributed by atoms with Crippen molar-refractivity contribution in [1.29, 1.82) is 0 Å². The SMILES string of the molecule is O=C(NC[C@@H]1CCCO1)c1csc(Nc2ccc(OC(F)F)cc2)n1. The Bertz CT molecular complexity index is 703. The maximum atomic E-state index is 12.1. The lowest BCUT2D eigenvalue weighted by atomic mass is 10.2. The molecule has 1 fully saturated rings. The number of rotatable bonds is 7. The number of nitrogens with zero attached hydrogens (tertiary/aromatic N) is 1. The number of amides is 1. The zero-order chi connectivity index (χ0) is 17.6. The van der Waals surface area contributed by atoms with Gasteiger partial charge in [-0.15, -0.1) is 11.3 Å². The second-order valence-corrected chi connectivity index (χ2v) is 6.27. The van der Waals surface area contributed by atoms with E-state index in [-0.39, 0.29) is 17.8 Å². The third-order valence-corrected chi connectivity index (χ3v) is 4.34. The number of carbonyl (C=O) groups excluding carboxylic acids is 1. The van der Waals surface area contributed by atoms with Crippen molar-refractivity contribution in [2.45, 2.75) is 25.6 Å². The van der Waals surface area contributed by atoms with Crippen molar-refractivity contribution < 1.29 is 23.0 Å². The van der Waals surface area contributed by atoms with Crippen molar-refractivity contribution in [2.75, 3.05) is 18.5 Å². The molecule has 0 bridgehead atoms. The third kappa shape index (κ3) is 5.10. The number of hydrogen-bond acceptors (Lipinski definition) is 6. The summed E-state index contributed by atoms with van der Waals surface area (Å²) < 4.78 is 34.0. The average Bonchev–Trinajstić information content (AvgIpc) is 3.26. The first kappa shape index (κ1) is 17.6. The predicted molar refractivity (Wildman–Crippen MR) is 89.8 cm³/mol. The Morgan fingerprint density at radius 2 is 2.20 bits per heavy atom. The molecule has 6 nitrogen and oxygen atoms in total. The lowest BCUT2D eigenvalue weighted by Gasteiger charge is -2.09. The molecule has 1 saturated heterocycles. The summed E-state index contributed by atoms with van der Waals surface area (Å²) in [6, 6.07) is 6.04. The highest BCUT2D eigenvalue weighted by Crippen LogP contribution is 2.23. The van der Waals surface area contributed by atoms with E-state index in [1.165, 1.54) is 23.5 Å². The molecule has 0 spiro atoms. The molecule has 9 heteroatoms. The highest BCUT2D eigenvalue weighted by molar-refractivity contribution is 7.14. The standard InChI is InChI=1S/C16H17F2N3O3S/c17-15(18)24-11-5-3-10(4-6-11)20-16-21-13(9-25-16)14(22)19-8-12-2-1-7-23-12/h3-6,9,12,15H,1-2,7-8H2,(H,19,22)(H,20,21)/t12-/m0/s1. The zero-order valence-corrected chi connectivity index (χ0v) is 14.0. The number of aromatic nitrogens is 1. The van der Waals surface area contributed by atoms with Gasteiger partial charge in [-0.1, -0.05) is 0 Å². The summed E-state index contributed by atoms with van der Waals surface area (Å²) in [4.78, 5) is 16.3. The lowest BCUT2D eigenvalue weighted by molar-refractivity contribution is -0.0498. The van der Waals surface area contributed by atoms with Gasteiger partial charge in [0.25, 0.3) is 5.91 Å². The van der Waals surface area contributed by atoms with E-state index in [2.05, 4.69) is 20.4 Å². The molecule has 0 aliphatic carbocycles. The summed E-state index contributed by atoms with van der Waals surface area (Å²) in [5.41, 5.74) is 0.977. The Kier molecular flexibility index (Phi) is 5.77. The van der Waals surface area contributed by atoms with Crippen LogP contribution in [0.3, 0.4) is 0 Å². The first-order chi connectivity index (χ1) is 12.1. The average molecular weight is 369 g/mol. The molecular formula is C16H17F2N3O3S. The third-order valence-electron chi connectivity index (χ3n) is 3.58. The molecule has 1 amide bonds. The van der Waals surface area contributed by atoms with Crippen LogP contribution in [-0.4, -0.2) is 36.8 Å². The van der Waals surface area contributed by atoms with Crippen LogP contribution in [-0.2, 0) is 4.74 Å². The molecule has 1 aromatic heterocycles. The van der Waals surface area contributed by atoms with E-state index in [0.29, 0.717) is 23.1 Å². The van der Waals surface area contributed by atoms with E-state index in [1.54, 1.807) is 17.5 Å². The first-order valence-corrected chi connectivity index (χ1v) is 8.65. The Labute approximate surface area is 147 Å². The molecule has 3 rings (SSSR count). The molecule has 0 radical (unpaired) electrons. The van der Waals surface area contributed by atoms with Gasteiger partial charge in [-0.25, -0.2) is 4.98 Å². The molecule has 1 aliphatic heterocycles. The molecule has 25 heavy (non-hydrogen) atoms. The van der Waals surface area contributed by atoms with Gasteiger partial charge in [-0.2, -0.15) is 8.78 Å². The van der Waals surface area contributed by atoms with Gasteiger partial charge in [0.2, 0.25) is 0 Å². The number of nitrogens with one attached hydrogen (secondary N) is 2. The Hall–Kier alpha value is -2.26. The van der Waals surface area contributed by atoms with Crippen LogP contribution in [0.5, 0.6) is 5.75 Å². The molecule has 1 aromatic carbocycles. The van der Waals surface area contributed by atoms with Crippen molar-refractivity contribution in [1.82, 2.24) is 10.3 Å². The van der Waals surface area contributed by atoms with Crippen LogP contribution in [0.25, 0.3) is 0 Å². The van der Waals surface area contributed by atoms with Crippen molar-refractivity contribution in [3.8, 4) is 5.75 Å². The highest BCUT2D eigenvalue weighted by Gasteiger charge is 2.18. The fourth-order valence-corrected chi connectivity index (χ4v) is 3.09. The molecule has 0 unspecified atom stereocenters. The van der Waals surface area contributed by atoms with Gasteiger partial charge < -0.3 is 20.1 Å². The number of thiazole rings is 1. The van der Waals surface area contributed by atoms with E-state index in [1.807, 2.05) is 0 Å². The van der Waals surface area contributed by atoms with Crippen molar-refractivity contribution in [2.24, 2.45) is 0 Å². The van der Waals surface area contributed by atoms with Gasteiger partial charge in [0.1, 0.15) is 11.4 Å². The Morgan fingerprint density at radius 3 is 2.88 bits per heavy atom. The quantitative estimate of drug-likeness (QED) is 0.783. The normalized spacial score (nSPS) is 16.8. The minimum atomic E-state index is -2.85. The molecule has 2 aromatic rings. The van der Waals surface area contributed by atoms with Gasteiger partial charge in [-0.3, -0.25) is 4.79 Å². The minimum Gasteiger partial charge on any atom is -0.435 e. The summed E-state index contributed by atoms with van der Waals surface area (Å²) in [5, 5.41) is 8.01. The molecule has 1 atom stereocenters. The van der Waals surface area contributed by atoms with Gasteiger partial charge >= 0.3 is 6.61 Å². The Balaban J connectivity index is 1.53. The van der Waals surface area contributed by atoms with Gasteiger partial charge in [0.05, 0.1) is 6.10 Å². The van der Waals surface area contributed by atoms with E-state index in [0.717, 1.165) is 19.4 Å². The zero-order valence-electron chi connectivity index (χ0n) is 13.2. The lowest BCUT2D eigenvalue weighted by Crippen LogP contribution is -2.31. The van der Waals surface area contributed by atoms with Crippen LogP contribution >= 0.6 is 11.3 Å². The van der Waals surface area contributed by atoms with Crippen LogP contribution < -0.4 is 15.4 Å². The van der Waals surface area contributed by atoms with Crippen molar-refractivity contribution in [3.63, 3.8) is 0 Å². The molecule has 0 saturated carbocycles. The minimum absolute atomic E-state index is 0.0777. The van der Waals surface area contributed by atoms with E-state index < -0.39 is 6.61 Å². The first-order valence-electron chi connectivity index (χ1n) is 7.77. The summed E-state index contributed by atoms with van der Waals surface area (Å²) in [6.45, 7) is -1.63. The predicted octanol–water partition coefficient (Wildman–Crippen LogP) is 3.40. The van der Waals surface area contributed by atoms with Gasteiger partial charge in [0, 0.05) is 24.2 Å². The number of benzene rings is 1. The van der Waals surface area contributed by atoms with Crippen LogP contribution in [0.1, 0.15) is 23.3 Å². The summed E-state index contributed by atoms with van der Waals surface area (Å²) in [5.74, 6) is -0.172. The smallest absolute Gasteiger partial charge is 0.387 e. The summed E-state index contributed by atoms with van der Waals surface area (Å²) in [7, 11) is 0.